The monoisotopic (exact) mass is 314 g/mol. The summed E-state index contributed by atoms with van der Waals surface area (Å²) in [4.78, 5) is 39.0. The van der Waals surface area contributed by atoms with Crippen LogP contribution in [-0.2, 0) is 29.5 Å². The number of nitriles is 1. The second kappa shape index (κ2) is 5.93. The lowest BCUT2D eigenvalue weighted by Gasteiger charge is -2.27. The molecule has 2 rings (SSSR count). The fourth-order valence-corrected chi connectivity index (χ4v) is 2.54. The van der Waals surface area contributed by atoms with Crippen LogP contribution in [-0.4, -0.2) is 29.8 Å². The van der Waals surface area contributed by atoms with Crippen LogP contribution in [0.4, 0.5) is 0 Å². The van der Waals surface area contributed by atoms with E-state index in [0.717, 1.165) is 21.0 Å². The maximum Gasteiger partial charge on any atom is 0.363 e. The molecular formula is C16H14N2O5. The molecule has 7 heteroatoms. The summed E-state index contributed by atoms with van der Waals surface area (Å²) in [5.41, 5.74) is -1.87. The minimum atomic E-state index is -2.33. The van der Waals surface area contributed by atoms with Crippen LogP contribution in [0.25, 0.3) is 10.9 Å². The first-order valence-electron chi connectivity index (χ1n) is 6.68. The lowest BCUT2D eigenvalue weighted by molar-refractivity contribution is -0.184. The number of nitrogens with zero attached hydrogens (tertiary/aromatic N) is 1. The molecule has 1 N–H and O–H groups in total. The highest BCUT2D eigenvalue weighted by molar-refractivity contribution is 6.12. The number of aromatic amines is 1. The molecule has 1 heterocycles. The third kappa shape index (κ3) is 2.44. The number of para-hydroxylation sites is 1. The van der Waals surface area contributed by atoms with E-state index in [9.17, 15) is 19.6 Å². The Morgan fingerprint density at radius 1 is 1.22 bits per heavy atom. The molecule has 0 aliphatic rings. The van der Waals surface area contributed by atoms with Gasteiger partial charge in [-0.3, -0.25) is 9.59 Å². The zero-order valence-electron chi connectivity index (χ0n) is 12.8. The largest absolute Gasteiger partial charge is 0.465 e. The van der Waals surface area contributed by atoms with Gasteiger partial charge in [-0.2, -0.15) is 5.26 Å². The number of nitrogens with one attached hydrogen (secondary N) is 1. The summed E-state index contributed by atoms with van der Waals surface area (Å²) in [6.45, 7) is 2.17. The predicted molar refractivity (Wildman–Crippen MR) is 79.2 cm³/mol. The molecule has 118 valence electrons. The molecule has 23 heavy (non-hydrogen) atoms. The molecule has 0 saturated carbocycles. The number of ketones is 1. The lowest BCUT2D eigenvalue weighted by atomic mass is 9.87. The van der Waals surface area contributed by atoms with Crippen LogP contribution in [0.15, 0.2) is 24.3 Å². The Balaban J connectivity index is 2.94. The average Bonchev–Trinajstić information content (AvgIpc) is 2.90. The zero-order chi connectivity index (χ0) is 17.2. The van der Waals surface area contributed by atoms with Gasteiger partial charge in [0.25, 0.3) is 5.60 Å². The number of esters is 2. The molecule has 1 atom stereocenters. The van der Waals surface area contributed by atoms with Crippen molar-refractivity contribution in [3.63, 3.8) is 0 Å². The minimum Gasteiger partial charge on any atom is -0.465 e. The van der Waals surface area contributed by atoms with Gasteiger partial charge in [0.05, 0.1) is 12.7 Å². The van der Waals surface area contributed by atoms with Crippen LogP contribution in [0.5, 0.6) is 0 Å². The molecule has 0 amide bonds. The first kappa shape index (κ1) is 16.2. The van der Waals surface area contributed by atoms with Gasteiger partial charge in [-0.15, -0.1) is 0 Å². The normalized spacial score (nSPS) is 13.0. The van der Waals surface area contributed by atoms with Crippen LogP contribution in [0.1, 0.15) is 25.1 Å². The Morgan fingerprint density at radius 3 is 2.39 bits per heavy atom. The highest BCUT2D eigenvalue weighted by Gasteiger charge is 2.53. The van der Waals surface area contributed by atoms with Crippen LogP contribution < -0.4 is 0 Å². The standard InChI is InChI=1S/C16H14N2O5/c1-9(19)16(15(21)22-3,23-10(2)20)14-11-6-4-5-7-12(11)18-13(14)8-17/h4-7,18H,1-3H3. The molecule has 1 aromatic carbocycles. The molecule has 1 unspecified atom stereocenters. The van der Waals surface area contributed by atoms with E-state index >= 15 is 0 Å². The molecule has 0 fully saturated rings. The molecule has 0 radical (unpaired) electrons. The second-order valence-corrected chi connectivity index (χ2v) is 4.85. The SMILES string of the molecule is COC(=O)C(OC(C)=O)(C(C)=O)c1c(C#N)[nH]c2ccccc12. The number of Topliss-reactive ketones (excluding diaryl/α,β-unsaturated/α-hetero) is 1. The third-order valence-corrected chi connectivity index (χ3v) is 3.44. The summed E-state index contributed by atoms with van der Waals surface area (Å²) in [6, 6.07) is 8.59. The maximum atomic E-state index is 12.4. The number of carbonyl (C=O) groups excluding carboxylic acids is 3. The zero-order valence-corrected chi connectivity index (χ0v) is 12.8. The van der Waals surface area contributed by atoms with Crippen LogP contribution in [0, 0.1) is 11.3 Å². The molecular weight excluding hydrogens is 300 g/mol. The topological polar surface area (TPSA) is 109 Å². The minimum absolute atomic E-state index is 0.0230. The Labute approximate surface area is 131 Å². The predicted octanol–water partition coefficient (Wildman–Crippen LogP) is 1.56. The van der Waals surface area contributed by atoms with Crippen molar-refractivity contribution in [1.29, 1.82) is 5.26 Å². The molecule has 1 aromatic heterocycles. The van der Waals surface area contributed by atoms with Crippen LogP contribution >= 0.6 is 0 Å². The Hall–Kier alpha value is -3.14. The number of benzene rings is 1. The van der Waals surface area contributed by atoms with E-state index < -0.39 is 23.3 Å². The molecule has 0 saturated heterocycles. The number of hydrogen-bond donors (Lipinski definition) is 1. The Morgan fingerprint density at radius 2 is 1.87 bits per heavy atom. The second-order valence-electron chi connectivity index (χ2n) is 4.85. The summed E-state index contributed by atoms with van der Waals surface area (Å²) in [7, 11) is 1.07. The summed E-state index contributed by atoms with van der Waals surface area (Å²) >= 11 is 0. The first-order chi connectivity index (χ1) is 10.9. The van der Waals surface area contributed by atoms with Crippen molar-refractivity contribution >= 4 is 28.6 Å². The van der Waals surface area contributed by atoms with Gasteiger partial charge in [0.15, 0.2) is 5.78 Å². The van der Waals surface area contributed by atoms with Crippen molar-refractivity contribution in [1.82, 2.24) is 4.98 Å². The van der Waals surface area contributed by atoms with Gasteiger partial charge in [0, 0.05) is 17.8 Å². The van der Waals surface area contributed by atoms with Gasteiger partial charge in [-0.25, -0.2) is 4.79 Å². The number of rotatable bonds is 4. The van der Waals surface area contributed by atoms with E-state index in [1.165, 1.54) is 0 Å². The smallest absolute Gasteiger partial charge is 0.363 e. The Kier molecular flexibility index (Phi) is 4.18. The van der Waals surface area contributed by atoms with E-state index in [4.69, 9.17) is 4.74 Å². The van der Waals surface area contributed by atoms with E-state index in [-0.39, 0.29) is 11.3 Å². The number of ether oxygens (including phenoxy) is 2. The number of H-pyrrole nitrogens is 1. The van der Waals surface area contributed by atoms with Gasteiger partial charge in [-0.1, -0.05) is 18.2 Å². The summed E-state index contributed by atoms with van der Waals surface area (Å²) in [6.07, 6.45) is 0. The van der Waals surface area contributed by atoms with E-state index in [1.54, 1.807) is 24.3 Å². The fraction of sp³-hybridized carbons (Fsp3) is 0.250. The van der Waals surface area contributed by atoms with Crippen molar-refractivity contribution in [2.24, 2.45) is 0 Å². The number of hydrogen-bond acceptors (Lipinski definition) is 6. The van der Waals surface area contributed by atoms with E-state index in [1.807, 2.05) is 6.07 Å². The number of methoxy groups -OCH3 is 1. The first-order valence-corrected chi connectivity index (χ1v) is 6.68. The molecule has 7 nitrogen and oxygen atoms in total. The number of aromatic nitrogens is 1. The highest BCUT2D eigenvalue weighted by Crippen LogP contribution is 2.37. The average molecular weight is 314 g/mol. The van der Waals surface area contributed by atoms with Gasteiger partial charge in [0.2, 0.25) is 0 Å². The summed E-state index contributed by atoms with van der Waals surface area (Å²) in [5.74, 6) is -2.68. The number of fused-ring (bicyclic) bond motifs is 1. The number of carbonyl (C=O) groups is 3. The summed E-state index contributed by atoms with van der Waals surface area (Å²) < 4.78 is 9.80. The van der Waals surface area contributed by atoms with Crippen molar-refractivity contribution in [3.8, 4) is 6.07 Å². The van der Waals surface area contributed by atoms with E-state index in [0.29, 0.717) is 10.9 Å². The maximum absolute atomic E-state index is 12.4. The van der Waals surface area contributed by atoms with E-state index in [2.05, 4.69) is 9.72 Å². The fourth-order valence-electron chi connectivity index (χ4n) is 2.54. The molecule has 0 spiro atoms. The van der Waals surface area contributed by atoms with Gasteiger partial charge < -0.3 is 14.5 Å². The van der Waals surface area contributed by atoms with Crippen molar-refractivity contribution in [3.05, 3.63) is 35.5 Å². The molecule has 0 aliphatic carbocycles. The van der Waals surface area contributed by atoms with Gasteiger partial charge in [0.1, 0.15) is 11.8 Å². The summed E-state index contributed by atoms with van der Waals surface area (Å²) in [5, 5.41) is 9.79. The van der Waals surface area contributed by atoms with Gasteiger partial charge >= 0.3 is 11.9 Å². The van der Waals surface area contributed by atoms with Crippen molar-refractivity contribution < 1.29 is 23.9 Å². The third-order valence-electron chi connectivity index (χ3n) is 3.44. The van der Waals surface area contributed by atoms with Crippen LogP contribution in [0.2, 0.25) is 0 Å². The Bertz CT molecular complexity index is 846. The molecule has 0 bridgehead atoms. The highest BCUT2D eigenvalue weighted by atomic mass is 16.6. The molecule has 2 aromatic rings. The quantitative estimate of drug-likeness (QED) is 0.677. The molecule has 0 aliphatic heterocycles. The van der Waals surface area contributed by atoms with Crippen molar-refractivity contribution in [2.75, 3.05) is 7.11 Å². The van der Waals surface area contributed by atoms with Gasteiger partial charge in [-0.05, 0) is 13.0 Å². The lowest BCUT2D eigenvalue weighted by Crippen LogP contribution is -2.47. The van der Waals surface area contributed by atoms with Crippen molar-refractivity contribution in [2.45, 2.75) is 19.4 Å². The van der Waals surface area contributed by atoms with Crippen LogP contribution in [0.3, 0.4) is 0 Å².